The van der Waals surface area contributed by atoms with E-state index in [-0.39, 0.29) is 19.1 Å². The smallest absolute Gasteiger partial charge is 0.341 e. The third-order valence-electron chi connectivity index (χ3n) is 2.65. The van der Waals surface area contributed by atoms with Crippen LogP contribution in [0.25, 0.3) is 0 Å². The Kier molecular flexibility index (Phi) is 6.63. The number of methoxy groups -OCH3 is 1. The molecule has 1 aromatic heterocycles. The number of ether oxygens (including phenoxy) is 2. The van der Waals surface area contributed by atoms with Crippen LogP contribution in [0, 0.1) is 0 Å². The van der Waals surface area contributed by atoms with Crippen LogP contribution < -0.4 is 11.1 Å². The summed E-state index contributed by atoms with van der Waals surface area (Å²) in [6.45, 7) is 4.07. The van der Waals surface area contributed by atoms with Gasteiger partial charge in [0.1, 0.15) is 11.1 Å². The number of anilines is 1. The van der Waals surface area contributed by atoms with Crippen molar-refractivity contribution in [3.63, 3.8) is 0 Å². The average molecular weight is 300 g/mol. The van der Waals surface area contributed by atoms with E-state index in [2.05, 4.69) is 5.32 Å². The summed E-state index contributed by atoms with van der Waals surface area (Å²) in [5, 5.41) is 3.15. The molecule has 0 aliphatic rings. The van der Waals surface area contributed by atoms with Crippen LogP contribution in [0.15, 0.2) is 6.07 Å². The maximum absolute atomic E-state index is 11.9. The van der Waals surface area contributed by atoms with Gasteiger partial charge in [-0.2, -0.15) is 0 Å². The molecule has 1 unspecified atom stereocenters. The molecule has 0 bridgehead atoms. The molecule has 6 nitrogen and oxygen atoms in total. The lowest BCUT2D eigenvalue weighted by Gasteiger charge is -2.12. The maximum atomic E-state index is 11.9. The molecule has 1 aromatic rings. The van der Waals surface area contributed by atoms with Crippen LogP contribution in [-0.4, -0.2) is 38.2 Å². The fraction of sp³-hybridized carbons (Fsp3) is 0.538. The van der Waals surface area contributed by atoms with Crippen LogP contribution in [0.2, 0.25) is 0 Å². The number of nitrogens with one attached hydrogen (secondary N) is 1. The minimum absolute atomic E-state index is 0.0725. The number of rotatable bonds is 7. The normalized spacial score (nSPS) is 12.0. The first-order valence-electron chi connectivity index (χ1n) is 6.40. The van der Waals surface area contributed by atoms with E-state index in [1.807, 2.05) is 6.92 Å². The van der Waals surface area contributed by atoms with Crippen LogP contribution in [0.5, 0.6) is 0 Å². The van der Waals surface area contributed by atoms with Crippen molar-refractivity contribution in [1.82, 2.24) is 0 Å². The second-order valence-corrected chi connectivity index (χ2v) is 5.12. The molecule has 1 atom stereocenters. The molecule has 3 N–H and O–H groups in total. The van der Waals surface area contributed by atoms with E-state index in [1.165, 1.54) is 18.4 Å². The van der Waals surface area contributed by atoms with Gasteiger partial charge in [-0.05, 0) is 19.4 Å². The van der Waals surface area contributed by atoms with E-state index in [1.54, 1.807) is 13.0 Å². The van der Waals surface area contributed by atoms with Crippen molar-refractivity contribution in [1.29, 1.82) is 0 Å². The molecule has 0 aliphatic heterocycles. The molecule has 0 fully saturated rings. The van der Waals surface area contributed by atoms with Crippen molar-refractivity contribution in [3.05, 3.63) is 16.5 Å². The van der Waals surface area contributed by atoms with Crippen molar-refractivity contribution in [2.24, 2.45) is 5.73 Å². The number of amides is 1. The SMILES string of the molecule is CCOC(=O)c1cc(CC)sc1NC(=O)C(CN)OC. The van der Waals surface area contributed by atoms with Crippen molar-refractivity contribution < 1.29 is 19.1 Å². The third kappa shape index (κ3) is 4.03. The lowest BCUT2D eigenvalue weighted by atomic mass is 10.2. The standard InChI is InChI=1S/C13H20N2O4S/c1-4-8-6-9(13(17)19-5-2)12(20-8)15-11(16)10(7-14)18-3/h6,10H,4-5,7,14H2,1-3H3,(H,15,16). The molecule has 0 saturated carbocycles. The molecule has 0 aromatic carbocycles. The summed E-state index contributed by atoms with van der Waals surface area (Å²) < 4.78 is 9.95. The van der Waals surface area contributed by atoms with Crippen molar-refractivity contribution >= 4 is 28.2 Å². The molecule has 1 heterocycles. The van der Waals surface area contributed by atoms with Gasteiger partial charge < -0.3 is 20.5 Å². The minimum Gasteiger partial charge on any atom is -0.462 e. The molecule has 1 amide bonds. The molecule has 7 heteroatoms. The minimum atomic E-state index is -0.739. The zero-order valence-electron chi connectivity index (χ0n) is 11.9. The van der Waals surface area contributed by atoms with Gasteiger partial charge in [-0.15, -0.1) is 11.3 Å². The highest BCUT2D eigenvalue weighted by molar-refractivity contribution is 7.16. The predicted molar refractivity (Wildman–Crippen MR) is 78.1 cm³/mol. The predicted octanol–water partition coefficient (Wildman–Crippen LogP) is 1.40. The largest absolute Gasteiger partial charge is 0.462 e. The van der Waals surface area contributed by atoms with Gasteiger partial charge in [0, 0.05) is 18.5 Å². The Morgan fingerprint density at radius 2 is 2.15 bits per heavy atom. The van der Waals surface area contributed by atoms with E-state index in [9.17, 15) is 9.59 Å². The number of esters is 1. The number of carbonyl (C=O) groups excluding carboxylic acids is 2. The maximum Gasteiger partial charge on any atom is 0.341 e. The summed E-state index contributed by atoms with van der Waals surface area (Å²) in [6, 6.07) is 1.74. The first-order valence-corrected chi connectivity index (χ1v) is 7.22. The molecule has 0 radical (unpaired) electrons. The van der Waals surface area contributed by atoms with Crippen LogP contribution in [0.1, 0.15) is 29.1 Å². The van der Waals surface area contributed by atoms with Gasteiger partial charge in [-0.25, -0.2) is 4.79 Å². The van der Waals surface area contributed by atoms with Crippen molar-refractivity contribution in [2.75, 3.05) is 25.6 Å². The van der Waals surface area contributed by atoms with Crippen LogP contribution >= 0.6 is 11.3 Å². The van der Waals surface area contributed by atoms with Crippen molar-refractivity contribution in [2.45, 2.75) is 26.4 Å². The first-order chi connectivity index (χ1) is 9.57. The zero-order chi connectivity index (χ0) is 15.1. The highest BCUT2D eigenvalue weighted by Gasteiger charge is 2.22. The fourth-order valence-corrected chi connectivity index (χ4v) is 2.56. The highest BCUT2D eigenvalue weighted by atomic mass is 32.1. The van der Waals surface area contributed by atoms with Gasteiger partial charge >= 0.3 is 5.97 Å². The Labute approximate surface area is 122 Å². The molecule has 20 heavy (non-hydrogen) atoms. The summed E-state index contributed by atoms with van der Waals surface area (Å²) in [6.07, 6.45) is 0.0367. The second kappa shape index (κ2) is 7.98. The summed E-state index contributed by atoms with van der Waals surface area (Å²) >= 11 is 1.35. The van der Waals surface area contributed by atoms with E-state index in [4.69, 9.17) is 15.2 Å². The highest BCUT2D eigenvalue weighted by Crippen LogP contribution is 2.29. The van der Waals surface area contributed by atoms with Gasteiger partial charge in [0.2, 0.25) is 0 Å². The molecule has 0 spiro atoms. The van der Waals surface area contributed by atoms with Gasteiger partial charge in [0.25, 0.3) is 5.91 Å². The molecule has 0 aliphatic carbocycles. The number of thiophene rings is 1. The molecule has 0 saturated heterocycles. The lowest BCUT2D eigenvalue weighted by molar-refractivity contribution is -0.125. The molecular weight excluding hydrogens is 280 g/mol. The van der Waals surface area contributed by atoms with Crippen LogP contribution in [-0.2, 0) is 20.7 Å². The molecular formula is C13H20N2O4S. The van der Waals surface area contributed by atoms with E-state index < -0.39 is 12.1 Å². The lowest BCUT2D eigenvalue weighted by Crippen LogP contribution is -2.36. The quantitative estimate of drug-likeness (QED) is 0.743. The summed E-state index contributed by atoms with van der Waals surface area (Å²) in [4.78, 5) is 24.8. The van der Waals surface area contributed by atoms with Gasteiger partial charge in [-0.3, -0.25) is 4.79 Å². The van der Waals surface area contributed by atoms with Crippen LogP contribution in [0.3, 0.4) is 0 Å². The summed E-state index contributed by atoms with van der Waals surface area (Å²) in [5.41, 5.74) is 5.81. The number of nitrogens with two attached hydrogens (primary N) is 1. The Balaban J connectivity index is 2.95. The summed E-state index contributed by atoms with van der Waals surface area (Å²) in [7, 11) is 1.41. The van der Waals surface area contributed by atoms with E-state index >= 15 is 0 Å². The Bertz CT molecular complexity index is 469. The average Bonchev–Trinajstić information content (AvgIpc) is 2.83. The van der Waals surface area contributed by atoms with Gasteiger partial charge in [-0.1, -0.05) is 6.92 Å². The van der Waals surface area contributed by atoms with Crippen LogP contribution in [0.4, 0.5) is 5.00 Å². The third-order valence-corrected chi connectivity index (χ3v) is 3.85. The van der Waals surface area contributed by atoms with Gasteiger partial charge in [0.05, 0.1) is 12.2 Å². The van der Waals surface area contributed by atoms with Gasteiger partial charge in [0.15, 0.2) is 0 Å². The Morgan fingerprint density at radius 3 is 2.65 bits per heavy atom. The Morgan fingerprint density at radius 1 is 1.45 bits per heavy atom. The number of hydrogen-bond acceptors (Lipinski definition) is 6. The number of hydrogen-bond donors (Lipinski definition) is 2. The number of aryl methyl sites for hydroxylation is 1. The molecule has 112 valence electrons. The van der Waals surface area contributed by atoms with E-state index in [0.717, 1.165) is 11.3 Å². The zero-order valence-corrected chi connectivity index (χ0v) is 12.7. The fourth-order valence-electron chi connectivity index (χ4n) is 1.57. The topological polar surface area (TPSA) is 90.7 Å². The van der Waals surface area contributed by atoms with E-state index in [0.29, 0.717) is 10.6 Å². The monoisotopic (exact) mass is 300 g/mol. The first kappa shape index (κ1) is 16.6. The number of carbonyl (C=O) groups is 2. The second-order valence-electron chi connectivity index (χ2n) is 3.98. The Hall–Kier alpha value is -1.44. The summed E-state index contributed by atoms with van der Waals surface area (Å²) in [5.74, 6) is -0.814. The van der Waals surface area contributed by atoms with Crippen molar-refractivity contribution in [3.8, 4) is 0 Å². The molecule has 1 rings (SSSR count).